The first-order valence-corrected chi connectivity index (χ1v) is 10.7. The van der Waals surface area contributed by atoms with Gasteiger partial charge in [-0.1, -0.05) is 23.7 Å². The van der Waals surface area contributed by atoms with Crippen molar-refractivity contribution < 1.29 is 19.1 Å². The molecular weight excluding hydrogens is 418 g/mol. The van der Waals surface area contributed by atoms with Gasteiger partial charge in [-0.15, -0.1) is 0 Å². The van der Waals surface area contributed by atoms with Crippen molar-refractivity contribution >= 4 is 29.1 Å². The first-order valence-electron chi connectivity index (χ1n) is 10.4. The fourth-order valence-electron chi connectivity index (χ4n) is 3.52. The Bertz CT molecular complexity index is 867. The highest BCUT2D eigenvalue weighted by molar-refractivity contribution is 6.30. The summed E-state index contributed by atoms with van der Waals surface area (Å²) in [5, 5.41) is 6.53. The Hall–Kier alpha value is -2.77. The highest BCUT2D eigenvalue weighted by atomic mass is 35.5. The maximum atomic E-state index is 12.5. The van der Waals surface area contributed by atoms with Crippen LogP contribution in [0.2, 0.25) is 5.02 Å². The number of nitrogens with zero attached hydrogens (tertiary/aromatic N) is 1. The number of nitrogens with one attached hydrogen (secondary N) is 2. The quantitative estimate of drug-likeness (QED) is 0.580. The molecule has 0 atom stereocenters. The van der Waals surface area contributed by atoms with Gasteiger partial charge in [0.1, 0.15) is 5.75 Å². The van der Waals surface area contributed by atoms with Crippen LogP contribution in [0.4, 0.5) is 5.69 Å². The first-order chi connectivity index (χ1) is 15.1. The number of methoxy groups -OCH3 is 1. The summed E-state index contributed by atoms with van der Waals surface area (Å²) in [6.45, 7) is 2.42. The standard InChI is InChI=1S/C23H28ClN3O4/c1-30-15-12-25-23(29)20-4-2-3-5-21(20)27-13-10-18(11-14-27)26-22(28)16-31-19-8-6-17(24)7-9-19/h2-9,18H,10-16H2,1H3,(H,25,29)(H,26,28). The Kier molecular flexibility index (Phi) is 8.55. The third-order valence-corrected chi connectivity index (χ3v) is 5.38. The number of anilines is 1. The van der Waals surface area contributed by atoms with Crippen LogP contribution < -0.4 is 20.3 Å². The summed E-state index contributed by atoms with van der Waals surface area (Å²) in [6.07, 6.45) is 1.60. The van der Waals surface area contributed by atoms with E-state index in [1.54, 1.807) is 31.4 Å². The Morgan fingerprint density at radius 2 is 1.81 bits per heavy atom. The Labute approximate surface area is 187 Å². The number of hydrogen-bond acceptors (Lipinski definition) is 5. The third-order valence-electron chi connectivity index (χ3n) is 5.12. The van der Waals surface area contributed by atoms with E-state index in [0.29, 0.717) is 29.5 Å². The summed E-state index contributed by atoms with van der Waals surface area (Å²) in [5.74, 6) is 0.350. The van der Waals surface area contributed by atoms with Gasteiger partial charge in [-0.25, -0.2) is 0 Å². The largest absolute Gasteiger partial charge is 0.484 e. The second-order valence-corrected chi connectivity index (χ2v) is 7.77. The zero-order valence-electron chi connectivity index (χ0n) is 17.6. The molecule has 3 rings (SSSR count). The minimum absolute atomic E-state index is 0.0354. The molecule has 2 N–H and O–H groups in total. The number of hydrogen-bond donors (Lipinski definition) is 2. The summed E-state index contributed by atoms with van der Waals surface area (Å²) in [7, 11) is 1.60. The van der Waals surface area contributed by atoms with Crippen molar-refractivity contribution in [3.05, 3.63) is 59.1 Å². The smallest absolute Gasteiger partial charge is 0.258 e. The number of carbonyl (C=O) groups excluding carboxylic acids is 2. The van der Waals surface area contributed by atoms with Crippen molar-refractivity contribution in [3.8, 4) is 5.75 Å². The molecule has 7 nitrogen and oxygen atoms in total. The molecule has 0 spiro atoms. The summed E-state index contributed by atoms with van der Waals surface area (Å²) in [4.78, 5) is 27.0. The lowest BCUT2D eigenvalue weighted by Gasteiger charge is -2.34. The normalized spacial score (nSPS) is 14.2. The number of piperidine rings is 1. The van der Waals surface area contributed by atoms with Gasteiger partial charge in [-0.2, -0.15) is 0 Å². The van der Waals surface area contributed by atoms with Crippen molar-refractivity contribution in [3.63, 3.8) is 0 Å². The van der Waals surface area contributed by atoms with Crippen molar-refractivity contribution in [1.82, 2.24) is 10.6 Å². The molecule has 1 aliphatic rings. The maximum Gasteiger partial charge on any atom is 0.258 e. The number of amides is 2. The average Bonchev–Trinajstić information content (AvgIpc) is 2.79. The summed E-state index contributed by atoms with van der Waals surface area (Å²) < 4.78 is 10.5. The zero-order valence-corrected chi connectivity index (χ0v) is 18.4. The van der Waals surface area contributed by atoms with Gasteiger partial charge in [-0.3, -0.25) is 9.59 Å². The van der Waals surface area contributed by atoms with E-state index in [-0.39, 0.29) is 24.5 Å². The molecule has 2 aromatic carbocycles. The number of benzene rings is 2. The number of rotatable bonds is 9. The Morgan fingerprint density at radius 3 is 2.52 bits per heavy atom. The van der Waals surface area contributed by atoms with Crippen LogP contribution in [-0.4, -0.2) is 57.8 Å². The van der Waals surface area contributed by atoms with Crippen LogP contribution in [0.1, 0.15) is 23.2 Å². The molecule has 0 saturated carbocycles. The van der Waals surface area contributed by atoms with E-state index in [4.69, 9.17) is 21.1 Å². The van der Waals surface area contributed by atoms with Crippen LogP contribution in [0.25, 0.3) is 0 Å². The van der Waals surface area contributed by atoms with E-state index in [1.165, 1.54) is 0 Å². The fourth-order valence-corrected chi connectivity index (χ4v) is 3.64. The molecule has 1 heterocycles. The molecule has 0 aromatic heterocycles. The van der Waals surface area contributed by atoms with E-state index in [0.717, 1.165) is 31.6 Å². The van der Waals surface area contributed by atoms with Crippen LogP contribution in [-0.2, 0) is 9.53 Å². The topological polar surface area (TPSA) is 79.9 Å². The summed E-state index contributed by atoms with van der Waals surface area (Å²) in [5.41, 5.74) is 1.56. The van der Waals surface area contributed by atoms with Gasteiger partial charge in [0.2, 0.25) is 0 Å². The van der Waals surface area contributed by atoms with Gasteiger partial charge in [0.25, 0.3) is 11.8 Å². The fraction of sp³-hybridized carbons (Fsp3) is 0.391. The summed E-state index contributed by atoms with van der Waals surface area (Å²) >= 11 is 5.85. The second kappa shape index (κ2) is 11.6. The Balaban J connectivity index is 1.47. The molecular formula is C23H28ClN3O4. The molecule has 1 saturated heterocycles. The van der Waals surface area contributed by atoms with Crippen molar-refractivity contribution in [2.75, 3.05) is 44.9 Å². The minimum Gasteiger partial charge on any atom is -0.484 e. The van der Waals surface area contributed by atoms with E-state index in [1.807, 2.05) is 24.3 Å². The molecule has 1 aliphatic heterocycles. The minimum atomic E-state index is -0.147. The molecule has 8 heteroatoms. The SMILES string of the molecule is COCCNC(=O)c1ccccc1N1CCC(NC(=O)COc2ccc(Cl)cc2)CC1. The molecule has 0 bridgehead atoms. The predicted octanol–water partition coefficient (Wildman–Crippen LogP) is 2.88. The van der Waals surface area contributed by atoms with Crippen molar-refractivity contribution in [2.24, 2.45) is 0 Å². The average molecular weight is 446 g/mol. The lowest BCUT2D eigenvalue weighted by atomic mass is 10.0. The van der Waals surface area contributed by atoms with Crippen LogP contribution in [0.3, 0.4) is 0 Å². The van der Waals surface area contributed by atoms with Gasteiger partial charge in [-0.05, 0) is 49.2 Å². The van der Waals surface area contributed by atoms with Gasteiger partial charge >= 0.3 is 0 Å². The first kappa shape index (κ1) is 22.9. The van der Waals surface area contributed by atoms with Gasteiger partial charge in [0.15, 0.2) is 6.61 Å². The zero-order chi connectivity index (χ0) is 22.1. The number of halogens is 1. The highest BCUT2D eigenvalue weighted by Crippen LogP contribution is 2.24. The molecule has 2 aromatic rings. The second-order valence-electron chi connectivity index (χ2n) is 7.34. The van der Waals surface area contributed by atoms with E-state index in [9.17, 15) is 9.59 Å². The molecule has 1 fully saturated rings. The number of para-hydroxylation sites is 1. The van der Waals surface area contributed by atoms with E-state index >= 15 is 0 Å². The molecule has 0 radical (unpaired) electrons. The van der Waals surface area contributed by atoms with E-state index < -0.39 is 0 Å². The van der Waals surface area contributed by atoms with Crippen molar-refractivity contribution in [2.45, 2.75) is 18.9 Å². The third kappa shape index (κ3) is 6.87. The predicted molar refractivity (Wildman–Crippen MR) is 121 cm³/mol. The Morgan fingerprint density at radius 1 is 1.10 bits per heavy atom. The van der Waals surface area contributed by atoms with Crippen LogP contribution in [0.5, 0.6) is 5.75 Å². The molecule has 2 amide bonds. The highest BCUT2D eigenvalue weighted by Gasteiger charge is 2.23. The van der Waals surface area contributed by atoms with Crippen LogP contribution >= 0.6 is 11.6 Å². The number of carbonyl (C=O) groups is 2. The molecule has 166 valence electrons. The van der Waals surface area contributed by atoms with Gasteiger partial charge in [0.05, 0.1) is 12.2 Å². The monoisotopic (exact) mass is 445 g/mol. The lowest BCUT2D eigenvalue weighted by molar-refractivity contribution is -0.123. The van der Waals surface area contributed by atoms with E-state index in [2.05, 4.69) is 15.5 Å². The maximum absolute atomic E-state index is 12.5. The van der Waals surface area contributed by atoms with Gasteiger partial charge in [0, 0.05) is 43.5 Å². The molecule has 0 aliphatic carbocycles. The molecule has 0 unspecified atom stereocenters. The molecule has 31 heavy (non-hydrogen) atoms. The lowest BCUT2D eigenvalue weighted by Crippen LogP contribution is -2.46. The van der Waals surface area contributed by atoms with Crippen LogP contribution in [0, 0.1) is 0 Å². The van der Waals surface area contributed by atoms with Gasteiger partial charge < -0.3 is 25.0 Å². The van der Waals surface area contributed by atoms with Crippen molar-refractivity contribution in [1.29, 1.82) is 0 Å². The number of ether oxygens (including phenoxy) is 2. The summed E-state index contributed by atoms with van der Waals surface area (Å²) in [6, 6.07) is 14.6. The van der Waals surface area contributed by atoms with Crippen LogP contribution in [0.15, 0.2) is 48.5 Å².